The Kier molecular flexibility index (Phi) is 4.80. The molecule has 0 spiro atoms. The lowest BCUT2D eigenvalue weighted by Crippen LogP contribution is -2.35. The molecule has 2 amide bonds. The van der Waals surface area contributed by atoms with Crippen LogP contribution in [0.1, 0.15) is 23.6 Å². The second kappa shape index (κ2) is 7.43. The second-order valence-corrected chi connectivity index (χ2v) is 7.12. The monoisotopic (exact) mass is 390 g/mol. The Bertz CT molecular complexity index is 1070. The van der Waals surface area contributed by atoms with Gasteiger partial charge in [-0.2, -0.15) is 5.10 Å². The highest BCUT2D eigenvalue weighted by molar-refractivity contribution is 6.02. The molecule has 0 saturated carbocycles. The lowest BCUT2D eigenvalue weighted by atomic mass is 10.1. The highest BCUT2D eigenvalue weighted by Gasteiger charge is 2.34. The number of hydrogen-bond donors (Lipinski definition) is 2. The number of amides is 2. The fourth-order valence-corrected chi connectivity index (χ4v) is 3.43. The first-order chi connectivity index (χ1) is 14.0. The van der Waals surface area contributed by atoms with Crippen LogP contribution >= 0.6 is 0 Å². The number of benzene rings is 2. The molecule has 7 nitrogen and oxygen atoms in total. The quantitative estimate of drug-likeness (QED) is 0.711. The van der Waals surface area contributed by atoms with E-state index in [1.54, 1.807) is 36.1 Å². The molecule has 1 aromatic heterocycles. The second-order valence-electron chi connectivity index (χ2n) is 7.12. The smallest absolute Gasteiger partial charge is 0.249 e. The zero-order chi connectivity index (χ0) is 20.5. The third kappa shape index (κ3) is 3.59. The van der Waals surface area contributed by atoms with Crippen LogP contribution in [0.15, 0.2) is 48.5 Å². The van der Waals surface area contributed by atoms with Crippen molar-refractivity contribution in [3.05, 3.63) is 59.7 Å². The molecular formula is C22H22N4O3. The highest BCUT2D eigenvalue weighted by Crippen LogP contribution is 2.34. The van der Waals surface area contributed by atoms with Crippen LogP contribution in [0, 0.1) is 13.8 Å². The van der Waals surface area contributed by atoms with Crippen LogP contribution in [0.25, 0.3) is 11.3 Å². The van der Waals surface area contributed by atoms with Gasteiger partial charge in [-0.25, -0.2) is 4.68 Å². The number of nitrogens with one attached hydrogen (secondary N) is 2. The number of carbonyl (C=O) groups excluding carboxylic acids is 2. The molecule has 1 aliphatic rings. The summed E-state index contributed by atoms with van der Waals surface area (Å²) in [6.45, 7) is 3.92. The van der Waals surface area contributed by atoms with E-state index in [4.69, 9.17) is 4.74 Å². The standard InChI is InChI=1S/C22H22N4O3/c1-13-4-6-15(7-5-13)20-14(2)21-24-19(27)12-18(26(21)25-20)22(28)23-16-8-10-17(29-3)11-9-16/h4-11,18H,12H2,1-3H3,(H,23,28)(H,24,27)/t18-/m0/s1. The van der Waals surface area contributed by atoms with Crippen molar-refractivity contribution in [3.8, 4) is 17.0 Å². The highest BCUT2D eigenvalue weighted by atomic mass is 16.5. The van der Waals surface area contributed by atoms with Crippen molar-refractivity contribution in [2.45, 2.75) is 26.3 Å². The molecule has 2 N–H and O–H groups in total. The van der Waals surface area contributed by atoms with E-state index in [2.05, 4.69) is 15.7 Å². The first kappa shape index (κ1) is 18.7. The van der Waals surface area contributed by atoms with E-state index in [1.165, 1.54) is 0 Å². The first-order valence-electron chi connectivity index (χ1n) is 9.37. The molecule has 0 unspecified atom stereocenters. The molecule has 7 heteroatoms. The number of nitrogens with zero attached hydrogens (tertiary/aromatic N) is 2. The van der Waals surface area contributed by atoms with Gasteiger partial charge in [0.15, 0.2) is 0 Å². The van der Waals surface area contributed by atoms with E-state index in [-0.39, 0.29) is 18.2 Å². The summed E-state index contributed by atoms with van der Waals surface area (Å²) >= 11 is 0. The van der Waals surface area contributed by atoms with Crippen molar-refractivity contribution in [3.63, 3.8) is 0 Å². The predicted octanol–water partition coefficient (Wildman–Crippen LogP) is 3.70. The van der Waals surface area contributed by atoms with Crippen LogP contribution in [0.2, 0.25) is 0 Å². The van der Waals surface area contributed by atoms with Gasteiger partial charge in [0.1, 0.15) is 17.6 Å². The molecule has 3 aromatic rings. The lowest BCUT2D eigenvalue weighted by molar-refractivity contribution is -0.125. The van der Waals surface area contributed by atoms with E-state index >= 15 is 0 Å². The van der Waals surface area contributed by atoms with Gasteiger partial charge in [-0.15, -0.1) is 0 Å². The average molecular weight is 390 g/mol. The van der Waals surface area contributed by atoms with Gasteiger partial charge in [0.2, 0.25) is 11.8 Å². The lowest BCUT2D eigenvalue weighted by Gasteiger charge is -2.24. The number of carbonyl (C=O) groups is 2. The zero-order valence-corrected chi connectivity index (χ0v) is 16.5. The number of anilines is 2. The van der Waals surface area contributed by atoms with Crippen molar-refractivity contribution in [2.75, 3.05) is 17.7 Å². The summed E-state index contributed by atoms with van der Waals surface area (Å²) in [5.41, 5.74) is 4.32. The molecule has 29 heavy (non-hydrogen) atoms. The molecule has 0 aliphatic carbocycles. The SMILES string of the molecule is COc1ccc(NC(=O)[C@@H]2CC(=O)Nc3c(C)c(-c4ccc(C)cc4)nn32)cc1. The molecule has 0 radical (unpaired) electrons. The van der Waals surface area contributed by atoms with E-state index in [9.17, 15) is 9.59 Å². The van der Waals surface area contributed by atoms with Gasteiger partial charge in [0.05, 0.1) is 19.2 Å². The van der Waals surface area contributed by atoms with Crippen LogP contribution in [-0.4, -0.2) is 28.7 Å². The normalized spacial score (nSPS) is 15.4. The average Bonchev–Trinajstić information content (AvgIpc) is 3.05. The Morgan fingerprint density at radius 3 is 2.48 bits per heavy atom. The summed E-state index contributed by atoms with van der Waals surface area (Å²) in [6.07, 6.45) is 0.0312. The minimum atomic E-state index is -0.723. The van der Waals surface area contributed by atoms with Crippen LogP contribution in [0.5, 0.6) is 5.75 Å². The Hall–Kier alpha value is -3.61. The predicted molar refractivity (Wildman–Crippen MR) is 111 cm³/mol. The van der Waals surface area contributed by atoms with E-state index in [0.717, 1.165) is 22.4 Å². The molecule has 2 heterocycles. The van der Waals surface area contributed by atoms with Crippen LogP contribution in [0.4, 0.5) is 11.5 Å². The van der Waals surface area contributed by atoms with Gasteiger partial charge in [0.25, 0.3) is 0 Å². The number of ether oxygens (including phenoxy) is 1. The van der Waals surface area contributed by atoms with E-state index < -0.39 is 6.04 Å². The molecule has 0 fully saturated rings. The first-order valence-corrected chi connectivity index (χ1v) is 9.37. The van der Waals surface area contributed by atoms with Crippen molar-refractivity contribution in [1.29, 1.82) is 0 Å². The summed E-state index contributed by atoms with van der Waals surface area (Å²) in [7, 11) is 1.58. The number of aromatic nitrogens is 2. The Morgan fingerprint density at radius 2 is 1.83 bits per heavy atom. The third-order valence-corrected chi connectivity index (χ3v) is 5.06. The number of aryl methyl sites for hydroxylation is 1. The molecule has 4 rings (SSSR count). The van der Waals surface area contributed by atoms with E-state index in [0.29, 0.717) is 17.3 Å². The van der Waals surface area contributed by atoms with E-state index in [1.807, 2.05) is 38.1 Å². The largest absolute Gasteiger partial charge is 0.497 e. The number of hydrogen-bond acceptors (Lipinski definition) is 4. The van der Waals surface area contributed by atoms with Gasteiger partial charge in [-0.3, -0.25) is 9.59 Å². The van der Waals surface area contributed by atoms with Crippen LogP contribution in [0.3, 0.4) is 0 Å². The summed E-state index contributed by atoms with van der Waals surface area (Å²) in [6, 6.07) is 14.3. The Labute approximate surface area is 168 Å². The minimum Gasteiger partial charge on any atom is -0.497 e. The molecule has 2 aromatic carbocycles. The van der Waals surface area contributed by atoms with Gasteiger partial charge in [0, 0.05) is 16.8 Å². The minimum absolute atomic E-state index is 0.0312. The molecule has 1 aliphatic heterocycles. The molecule has 0 bridgehead atoms. The van der Waals surface area contributed by atoms with Gasteiger partial charge in [-0.05, 0) is 38.1 Å². The zero-order valence-electron chi connectivity index (χ0n) is 16.5. The summed E-state index contributed by atoms with van der Waals surface area (Å²) in [5, 5.41) is 10.4. The number of fused-ring (bicyclic) bond motifs is 1. The molecule has 148 valence electrons. The maximum atomic E-state index is 12.9. The molecular weight excluding hydrogens is 368 g/mol. The summed E-state index contributed by atoms with van der Waals surface area (Å²) in [4.78, 5) is 25.2. The number of methoxy groups -OCH3 is 1. The Morgan fingerprint density at radius 1 is 1.14 bits per heavy atom. The van der Waals surface area contributed by atoms with Crippen molar-refractivity contribution < 1.29 is 14.3 Å². The molecule has 0 saturated heterocycles. The van der Waals surface area contributed by atoms with Crippen LogP contribution in [-0.2, 0) is 9.59 Å². The van der Waals surface area contributed by atoms with Gasteiger partial charge in [-0.1, -0.05) is 29.8 Å². The Balaban J connectivity index is 1.66. The van der Waals surface area contributed by atoms with Gasteiger partial charge < -0.3 is 15.4 Å². The van der Waals surface area contributed by atoms with Crippen molar-refractivity contribution >= 4 is 23.3 Å². The fraction of sp³-hybridized carbons (Fsp3) is 0.227. The summed E-state index contributed by atoms with van der Waals surface area (Å²) < 4.78 is 6.75. The van der Waals surface area contributed by atoms with Gasteiger partial charge >= 0.3 is 0 Å². The molecule has 1 atom stereocenters. The van der Waals surface area contributed by atoms with Crippen molar-refractivity contribution in [1.82, 2.24) is 9.78 Å². The van der Waals surface area contributed by atoms with Crippen molar-refractivity contribution in [2.24, 2.45) is 0 Å². The maximum Gasteiger partial charge on any atom is 0.249 e. The van der Waals surface area contributed by atoms with Crippen LogP contribution < -0.4 is 15.4 Å². The fourth-order valence-electron chi connectivity index (χ4n) is 3.43. The topological polar surface area (TPSA) is 85.2 Å². The maximum absolute atomic E-state index is 12.9. The number of rotatable bonds is 4. The summed E-state index contributed by atoms with van der Waals surface area (Å²) in [5.74, 6) is 0.773. The third-order valence-electron chi connectivity index (χ3n) is 5.06.